The summed E-state index contributed by atoms with van der Waals surface area (Å²) in [6.45, 7) is 0. The van der Waals surface area contributed by atoms with Crippen LogP contribution in [-0.4, -0.2) is 11.0 Å². The van der Waals surface area contributed by atoms with Crippen LogP contribution in [0.2, 0.25) is 0 Å². The molecule has 0 bridgehead atoms. The lowest BCUT2D eigenvalue weighted by molar-refractivity contribution is -0.255. The monoisotopic (exact) mass is 178 g/mol. The van der Waals surface area contributed by atoms with Gasteiger partial charge in [-0.05, 0) is 6.07 Å². The molecular formula is C6H3F3NO2-. The third kappa shape index (κ3) is 1.41. The number of alkyl halides is 3. The summed E-state index contributed by atoms with van der Waals surface area (Å²) in [5.41, 5.74) is -2.16. The first kappa shape index (κ1) is 8.63. The van der Waals surface area contributed by atoms with Gasteiger partial charge in [0.25, 0.3) is 0 Å². The van der Waals surface area contributed by atoms with Crippen molar-refractivity contribution in [3.8, 4) is 0 Å². The average Bonchev–Trinajstić information content (AvgIpc) is 2.30. The Morgan fingerprint density at radius 1 is 1.50 bits per heavy atom. The second kappa shape index (κ2) is 2.54. The van der Waals surface area contributed by atoms with E-state index >= 15 is 0 Å². The van der Waals surface area contributed by atoms with Crippen molar-refractivity contribution >= 4 is 5.97 Å². The molecule has 0 unspecified atom stereocenters. The van der Waals surface area contributed by atoms with Crippen molar-refractivity contribution in [1.82, 2.24) is 4.98 Å². The van der Waals surface area contributed by atoms with E-state index in [1.165, 1.54) is 0 Å². The zero-order chi connectivity index (χ0) is 9.35. The van der Waals surface area contributed by atoms with Gasteiger partial charge in [0, 0.05) is 11.8 Å². The lowest BCUT2D eigenvalue weighted by Crippen LogP contribution is -2.25. The van der Waals surface area contributed by atoms with Crippen molar-refractivity contribution in [3.63, 3.8) is 0 Å². The molecule has 1 aromatic heterocycles. The number of aromatic amines is 1. The van der Waals surface area contributed by atoms with Crippen LogP contribution in [0.15, 0.2) is 12.3 Å². The number of carboxylic acid groups (broad SMARTS) is 1. The summed E-state index contributed by atoms with van der Waals surface area (Å²) < 4.78 is 35.8. The van der Waals surface area contributed by atoms with Crippen LogP contribution < -0.4 is 5.11 Å². The minimum absolute atomic E-state index is 0.804. The minimum atomic E-state index is -4.68. The molecular weight excluding hydrogens is 175 g/mol. The van der Waals surface area contributed by atoms with Crippen LogP contribution in [0.5, 0.6) is 0 Å². The lowest BCUT2D eigenvalue weighted by Gasteiger charge is -2.07. The summed E-state index contributed by atoms with van der Waals surface area (Å²) in [7, 11) is 0. The Kier molecular flexibility index (Phi) is 1.83. The highest BCUT2D eigenvalue weighted by atomic mass is 19.4. The van der Waals surface area contributed by atoms with Crippen LogP contribution in [0.3, 0.4) is 0 Å². The summed E-state index contributed by atoms with van der Waals surface area (Å²) in [4.78, 5) is 11.9. The zero-order valence-corrected chi connectivity index (χ0v) is 5.61. The largest absolute Gasteiger partial charge is 0.545 e. The standard InChI is InChI=1S/C6H4F3NO2/c7-6(8,9)4-3(5(11)12)1-2-10-4/h1-2,10H,(H,11,12)/p-1. The molecule has 0 amide bonds. The number of rotatable bonds is 1. The van der Waals surface area contributed by atoms with Gasteiger partial charge in [0.15, 0.2) is 0 Å². The molecule has 0 spiro atoms. The van der Waals surface area contributed by atoms with Crippen molar-refractivity contribution in [2.75, 3.05) is 0 Å². The molecule has 1 N–H and O–H groups in total. The van der Waals surface area contributed by atoms with E-state index in [1.54, 1.807) is 4.98 Å². The van der Waals surface area contributed by atoms with Crippen LogP contribution in [0.4, 0.5) is 13.2 Å². The maximum absolute atomic E-state index is 11.9. The number of hydrogen-bond acceptors (Lipinski definition) is 2. The number of carboxylic acids is 1. The zero-order valence-electron chi connectivity index (χ0n) is 5.61. The number of carbonyl (C=O) groups is 1. The molecule has 0 saturated heterocycles. The first-order chi connectivity index (χ1) is 5.43. The molecule has 12 heavy (non-hydrogen) atoms. The van der Waals surface area contributed by atoms with Crippen molar-refractivity contribution < 1.29 is 23.1 Å². The van der Waals surface area contributed by atoms with Gasteiger partial charge < -0.3 is 14.9 Å². The number of aromatic carboxylic acids is 1. The molecule has 1 aromatic rings. The topological polar surface area (TPSA) is 55.9 Å². The van der Waals surface area contributed by atoms with E-state index in [4.69, 9.17) is 0 Å². The van der Waals surface area contributed by atoms with Gasteiger partial charge in [0.2, 0.25) is 0 Å². The molecule has 1 rings (SSSR count). The normalized spacial score (nSPS) is 11.6. The molecule has 0 aliphatic rings. The molecule has 0 aromatic carbocycles. The Morgan fingerprint density at radius 3 is 2.42 bits per heavy atom. The van der Waals surface area contributed by atoms with Crippen LogP contribution in [-0.2, 0) is 6.18 Å². The predicted octanol–water partition coefficient (Wildman–Crippen LogP) is 0.397. The highest BCUT2D eigenvalue weighted by Crippen LogP contribution is 2.30. The summed E-state index contributed by atoms with van der Waals surface area (Å²) in [5.74, 6) is -1.84. The first-order valence-electron chi connectivity index (χ1n) is 2.89. The quantitative estimate of drug-likeness (QED) is 0.676. The van der Waals surface area contributed by atoms with Gasteiger partial charge >= 0.3 is 6.18 Å². The van der Waals surface area contributed by atoms with Crippen LogP contribution in [0.1, 0.15) is 16.1 Å². The van der Waals surface area contributed by atoms with E-state index in [0.717, 1.165) is 12.3 Å². The number of carbonyl (C=O) groups excluding carboxylic acids is 1. The van der Waals surface area contributed by atoms with Crippen LogP contribution >= 0.6 is 0 Å². The molecule has 0 radical (unpaired) electrons. The van der Waals surface area contributed by atoms with Crippen LogP contribution in [0, 0.1) is 0 Å². The molecule has 0 aliphatic heterocycles. The van der Waals surface area contributed by atoms with E-state index in [-0.39, 0.29) is 0 Å². The molecule has 0 atom stereocenters. The molecule has 66 valence electrons. The van der Waals surface area contributed by atoms with Crippen molar-refractivity contribution in [3.05, 3.63) is 23.5 Å². The molecule has 0 saturated carbocycles. The van der Waals surface area contributed by atoms with Gasteiger partial charge in [-0.25, -0.2) is 0 Å². The highest BCUT2D eigenvalue weighted by Gasteiger charge is 2.34. The van der Waals surface area contributed by atoms with E-state index < -0.39 is 23.4 Å². The smallest absolute Gasteiger partial charge is 0.431 e. The van der Waals surface area contributed by atoms with Gasteiger partial charge in [-0.2, -0.15) is 13.2 Å². The summed E-state index contributed by atoms with van der Waals surface area (Å²) >= 11 is 0. The molecule has 0 fully saturated rings. The highest BCUT2D eigenvalue weighted by molar-refractivity contribution is 5.87. The number of aromatic nitrogens is 1. The van der Waals surface area contributed by atoms with E-state index in [9.17, 15) is 23.1 Å². The van der Waals surface area contributed by atoms with Gasteiger partial charge in [-0.15, -0.1) is 0 Å². The Morgan fingerprint density at radius 2 is 2.08 bits per heavy atom. The predicted molar refractivity (Wildman–Crippen MR) is 30.1 cm³/mol. The van der Waals surface area contributed by atoms with Gasteiger partial charge in [-0.1, -0.05) is 0 Å². The molecule has 1 heterocycles. The average molecular weight is 178 g/mol. The Bertz CT molecular complexity index is 302. The number of nitrogens with one attached hydrogen (secondary N) is 1. The maximum atomic E-state index is 11.9. The maximum Gasteiger partial charge on any atom is 0.431 e. The second-order valence-corrected chi connectivity index (χ2v) is 2.05. The molecule has 0 aliphatic carbocycles. The van der Waals surface area contributed by atoms with E-state index in [1.807, 2.05) is 0 Å². The minimum Gasteiger partial charge on any atom is -0.545 e. The Balaban J connectivity index is 3.17. The molecule has 6 heteroatoms. The van der Waals surface area contributed by atoms with E-state index in [0.29, 0.717) is 0 Å². The molecule has 3 nitrogen and oxygen atoms in total. The number of hydrogen-bond donors (Lipinski definition) is 1. The third-order valence-corrected chi connectivity index (χ3v) is 1.25. The van der Waals surface area contributed by atoms with Gasteiger partial charge in [0.1, 0.15) is 5.69 Å². The lowest BCUT2D eigenvalue weighted by atomic mass is 10.2. The fourth-order valence-corrected chi connectivity index (χ4v) is 0.774. The third-order valence-electron chi connectivity index (χ3n) is 1.25. The Labute approximate surface area is 64.8 Å². The van der Waals surface area contributed by atoms with Crippen molar-refractivity contribution in [2.45, 2.75) is 6.18 Å². The van der Waals surface area contributed by atoms with Gasteiger partial charge in [0.05, 0.1) is 5.97 Å². The first-order valence-corrected chi connectivity index (χ1v) is 2.89. The van der Waals surface area contributed by atoms with Crippen LogP contribution in [0.25, 0.3) is 0 Å². The summed E-state index contributed by atoms with van der Waals surface area (Å²) in [6.07, 6.45) is -3.78. The second-order valence-electron chi connectivity index (χ2n) is 2.05. The fourth-order valence-electron chi connectivity index (χ4n) is 0.774. The summed E-state index contributed by atoms with van der Waals surface area (Å²) in [5, 5.41) is 10.1. The Hall–Kier alpha value is -1.46. The van der Waals surface area contributed by atoms with Crippen molar-refractivity contribution in [2.24, 2.45) is 0 Å². The number of halogens is 3. The van der Waals surface area contributed by atoms with Crippen molar-refractivity contribution in [1.29, 1.82) is 0 Å². The van der Waals surface area contributed by atoms with E-state index in [2.05, 4.69) is 0 Å². The number of H-pyrrole nitrogens is 1. The van der Waals surface area contributed by atoms with Gasteiger partial charge in [-0.3, -0.25) is 0 Å². The summed E-state index contributed by atoms with van der Waals surface area (Å²) in [6, 6.07) is 0.804. The fraction of sp³-hybridized carbons (Fsp3) is 0.167. The SMILES string of the molecule is O=C([O-])c1cc[nH]c1C(F)(F)F.